The fourth-order valence-electron chi connectivity index (χ4n) is 2.07. The molecular weight excluding hydrogens is 174 g/mol. The molecule has 0 saturated heterocycles. The van der Waals surface area contributed by atoms with Crippen LogP contribution in [0.5, 0.6) is 0 Å². The second kappa shape index (κ2) is 8.25. The maximum absolute atomic E-state index is 5.01. The average molecular weight is 201 g/mol. The molecule has 0 aromatic rings. The minimum Gasteiger partial charge on any atom is -0.383 e. The first-order valence-electron chi connectivity index (χ1n) is 5.88. The van der Waals surface area contributed by atoms with Crippen LogP contribution in [0.4, 0.5) is 0 Å². The maximum Gasteiger partial charge on any atom is 0.0587 e. The zero-order valence-corrected chi connectivity index (χ0v) is 10.4. The number of methoxy groups -OCH3 is 1. The molecular formula is C12H27NO. The topological polar surface area (TPSA) is 21.3 Å². The van der Waals surface area contributed by atoms with Crippen molar-refractivity contribution in [3.05, 3.63) is 0 Å². The van der Waals surface area contributed by atoms with Crippen molar-refractivity contribution in [2.45, 2.75) is 46.5 Å². The fourth-order valence-corrected chi connectivity index (χ4v) is 2.07. The van der Waals surface area contributed by atoms with Crippen molar-refractivity contribution in [3.63, 3.8) is 0 Å². The molecule has 1 N–H and O–H groups in total. The SMILES string of the molecule is CCCC(C)(CCC)CNCCOC. The summed E-state index contributed by atoms with van der Waals surface area (Å²) in [6.45, 7) is 9.83. The summed E-state index contributed by atoms with van der Waals surface area (Å²) in [5, 5.41) is 3.47. The van der Waals surface area contributed by atoms with Crippen LogP contribution >= 0.6 is 0 Å². The third-order valence-electron chi connectivity index (χ3n) is 2.74. The van der Waals surface area contributed by atoms with E-state index in [4.69, 9.17) is 4.74 Å². The lowest BCUT2D eigenvalue weighted by molar-refractivity contribution is 0.187. The van der Waals surface area contributed by atoms with Gasteiger partial charge in [0.15, 0.2) is 0 Å². The quantitative estimate of drug-likeness (QED) is 0.579. The van der Waals surface area contributed by atoms with Gasteiger partial charge >= 0.3 is 0 Å². The van der Waals surface area contributed by atoms with E-state index in [1.807, 2.05) is 0 Å². The molecule has 0 saturated carbocycles. The van der Waals surface area contributed by atoms with Crippen molar-refractivity contribution in [1.82, 2.24) is 5.32 Å². The van der Waals surface area contributed by atoms with Crippen molar-refractivity contribution >= 4 is 0 Å². The van der Waals surface area contributed by atoms with E-state index in [2.05, 4.69) is 26.1 Å². The van der Waals surface area contributed by atoms with Crippen LogP contribution in [0.2, 0.25) is 0 Å². The van der Waals surface area contributed by atoms with Crippen LogP contribution in [-0.2, 0) is 4.74 Å². The molecule has 0 aromatic carbocycles. The zero-order chi connectivity index (χ0) is 10.9. The second-order valence-electron chi connectivity index (χ2n) is 4.48. The van der Waals surface area contributed by atoms with Crippen LogP contribution in [0.25, 0.3) is 0 Å². The Labute approximate surface area is 89.4 Å². The Kier molecular flexibility index (Phi) is 8.20. The monoisotopic (exact) mass is 201 g/mol. The number of rotatable bonds is 9. The van der Waals surface area contributed by atoms with E-state index in [-0.39, 0.29) is 0 Å². The average Bonchev–Trinajstić information content (AvgIpc) is 2.13. The molecule has 0 aliphatic heterocycles. The van der Waals surface area contributed by atoms with Crippen molar-refractivity contribution < 1.29 is 4.74 Å². The van der Waals surface area contributed by atoms with Crippen LogP contribution < -0.4 is 5.32 Å². The summed E-state index contributed by atoms with van der Waals surface area (Å²) in [4.78, 5) is 0. The summed E-state index contributed by atoms with van der Waals surface area (Å²) in [5.41, 5.74) is 0.483. The molecule has 0 rings (SSSR count). The minimum atomic E-state index is 0.483. The van der Waals surface area contributed by atoms with Gasteiger partial charge in [0.1, 0.15) is 0 Å². The molecule has 0 spiro atoms. The smallest absolute Gasteiger partial charge is 0.0587 e. The van der Waals surface area contributed by atoms with Crippen molar-refractivity contribution in [2.75, 3.05) is 26.8 Å². The van der Waals surface area contributed by atoms with Gasteiger partial charge in [-0.05, 0) is 18.3 Å². The molecule has 14 heavy (non-hydrogen) atoms. The van der Waals surface area contributed by atoms with Crippen LogP contribution in [0.3, 0.4) is 0 Å². The number of ether oxygens (including phenoxy) is 1. The lowest BCUT2D eigenvalue weighted by atomic mass is 9.81. The van der Waals surface area contributed by atoms with E-state index in [0.717, 1.165) is 19.7 Å². The summed E-state index contributed by atoms with van der Waals surface area (Å²) in [7, 11) is 1.75. The summed E-state index contributed by atoms with van der Waals surface area (Å²) in [6, 6.07) is 0. The Morgan fingerprint density at radius 1 is 1.14 bits per heavy atom. The van der Waals surface area contributed by atoms with Gasteiger partial charge in [-0.15, -0.1) is 0 Å². The highest BCUT2D eigenvalue weighted by Gasteiger charge is 2.21. The van der Waals surface area contributed by atoms with E-state index >= 15 is 0 Å². The van der Waals surface area contributed by atoms with Gasteiger partial charge in [0, 0.05) is 20.2 Å². The Bertz CT molecular complexity index is 119. The number of hydrogen-bond acceptors (Lipinski definition) is 2. The van der Waals surface area contributed by atoms with Crippen LogP contribution in [-0.4, -0.2) is 26.8 Å². The van der Waals surface area contributed by atoms with E-state index in [1.165, 1.54) is 25.7 Å². The first-order valence-corrected chi connectivity index (χ1v) is 5.88. The summed E-state index contributed by atoms with van der Waals surface area (Å²) < 4.78 is 5.01. The van der Waals surface area contributed by atoms with Gasteiger partial charge in [-0.2, -0.15) is 0 Å². The Morgan fingerprint density at radius 3 is 2.14 bits per heavy atom. The molecule has 0 radical (unpaired) electrons. The molecule has 0 aromatic heterocycles. The largest absolute Gasteiger partial charge is 0.383 e. The summed E-state index contributed by atoms with van der Waals surface area (Å²) in [6.07, 6.45) is 5.20. The van der Waals surface area contributed by atoms with Crippen molar-refractivity contribution in [2.24, 2.45) is 5.41 Å². The predicted molar refractivity (Wildman–Crippen MR) is 62.7 cm³/mol. The Balaban J connectivity index is 3.71. The van der Waals surface area contributed by atoms with Gasteiger partial charge < -0.3 is 10.1 Å². The fraction of sp³-hybridized carbons (Fsp3) is 1.00. The first-order chi connectivity index (χ1) is 6.68. The lowest BCUT2D eigenvalue weighted by Gasteiger charge is -2.29. The van der Waals surface area contributed by atoms with E-state index in [0.29, 0.717) is 5.41 Å². The highest BCUT2D eigenvalue weighted by molar-refractivity contribution is 4.75. The summed E-state index contributed by atoms with van der Waals surface area (Å²) >= 11 is 0. The van der Waals surface area contributed by atoms with E-state index < -0.39 is 0 Å². The van der Waals surface area contributed by atoms with Crippen molar-refractivity contribution in [3.8, 4) is 0 Å². The van der Waals surface area contributed by atoms with Gasteiger partial charge in [0.2, 0.25) is 0 Å². The third-order valence-corrected chi connectivity index (χ3v) is 2.74. The van der Waals surface area contributed by atoms with Crippen molar-refractivity contribution in [1.29, 1.82) is 0 Å². The van der Waals surface area contributed by atoms with Gasteiger partial charge in [0.05, 0.1) is 6.61 Å². The standard InChI is InChI=1S/C12H27NO/c1-5-7-12(3,8-6-2)11-13-9-10-14-4/h13H,5-11H2,1-4H3. The van der Waals surface area contributed by atoms with Crippen LogP contribution in [0, 0.1) is 5.41 Å². The zero-order valence-electron chi connectivity index (χ0n) is 10.4. The Morgan fingerprint density at radius 2 is 1.71 bits per heavy atom. The molecule has 0 fully saturated rings. The normalized spacial score (nSPS) is 12.0. The molecule has 86 valence electrons. The summed E-state index contributed by atoms with van der Waals surface area (Å²) in [5.74, 6) is 0. The van der Waals surface area contributed by atoms with Crippen LogP contribution in [0.15, 0.2) is 0 Å². The van der Waals surface area contributed by atoms with Gasteiger partial charge in [-0.25, -0.2) is 0 Å². The highest BCUT2D eigenvalue weighted by Crippen LogP contribution is 2.27. The molecule has 0 unspecified atom stereocenters. The molecule has 0 amide bonds. The van der Waals surface area contributed by atoms with Gasteiger partial charge in [0.25, 0.3) is 0 Å². The molecule has 0 aliphatic rings. The molecule has 0 aliphatic carbocycles. The molecule has 2 heteroatoms. The van der Waals surface area contributed by atoms with Gasteiger partial charge in [-0.3, -0.25) is 0 Å². The van der Waals surface area contributed by atoms with E-state index in [1.54, 1.807) is 7.11 Å². The first kappa shape index (κ1) is 13.9. The van der Waals surface area contributed by atoms with Gasteiger partial charge in [-0.1, -0.05) is 33.6 Å². The number of hydrogen-bond donors (Lipinski definition) is 1. The molecule has 0 atom stereocenters. The van der Waals surface area contributed by atoms with E-state index in [9.17, 15) is 0 Å². The van der Waals surface area contributed by atoms with Crippen LogP contribution in [0.1, 0.15) is 46.5 Å². The second-order valence-corrected chi connectivity index (χ2v) is 4.48. The number of nitrogens with one attached hydrogen (secondary N) is 1. The molecule has 2 nitrogen and oxygen atoms in total. The predicted octanol–water partition coefficient (Wildman–Crippen LogP) is 2.83. The molecule has 0 heterocycles. The Hall–Kier alpha value is -0.0800. The maximum atomic E-state index is 5.01. The lowest BCUT2D eigenvalue weighted by Crippen LogP contribution is -2.33. The molecule has 0 bridgehead atoms. The third kappa shape index (κ3) is 6.39. The minimum absolute atomic E-state index is 0.483. The highest BCUT2D eigenvalue weighted by atomic mass is 16.5.